The third-order valence-electron chi connectivity index (χ3n) is 3.00. The van der Waals surface area contributed by atoms with E-state index in [4.69, 9.17) is 0 Å². The van der Waals surface area contributed by atoms with Crippen molar-refractivity contribution in [1.29, 1.82) is 0 Å². The van der Waals surface area contributed by atoms with E-state index in [2.05, 4.69) is 27.4 Å². The van der Waals surface area contributed by atoms with Crippen molar-refractivity contribution in [3.63, 3.8) is 0 Å². The predicted molar refractivity (Wildman–Crippen MR) is 59.7 cm³/mol. The Morgan fingerprint density at radius 1 is 1.40 bits per heavy atom. The number of hydrogen-bond donors (Lipinski definition) is 2. The van der Waals surface area contributed by atoms with Gasteiger partial charge in [0.05, 0.1) is 0 Å². The first-order chi connectivity index (χ1) is 7.38. The molecule has 2 rings (SSSR count). The molecule has 15 heavy (non-hydrogen) atoms. The molecule has 0 radical (unpaired) electrons. The molecule has 1 fully saturated rings. The van der Waals surface area contributed by atoms with Crippen molar-refractivity contribution >= 4 is 0 Å². The van der Waals surface area contributed by atoms with Crippen molar-refractivity contribution in [3.05, 3.63) is 11.6 Å². The molecule has 0 aromatic carbocycles. The van der Waals surface area contributed by atoms with Crippen LogP contribution >= 0.6 is 0 Å². The van der Waals surface area contributed by atoms with Crippen LogP contribution in [-0.2, 0) is 12.8 Å². The predicted octanol–water partition coefficient (Wildman–Crippen LogP) is 1.30. The second-order valence-corrected chi connectivity index (χ2v) is 4.35. The minimum absolute atomic E-state index is 0.832. The summed E-state index contributed by atoms with van der Waals surface area (Å²) in [4.78, 5) is 4.47. The fourth-order valence-electron chi connectivity index (χ4n) is 2.09. The first-order valence-corrected chi connectivity index (χ1v) is 5.99. The van der Waals surface area contributed by atoms with Crippen LogP contribution in [-0.4, -0.2) is 28.3 Å². The van der Waals surface area contributed by atoms with E-state index >= 15 is 0 Å². The van der Waals surface area contributed by atoms with E-state index in [1.165, 1.54) is 25.9 Å². The molecule has 1 aliphatic rings. The molecule has 0 saturated carbocycles. The molecule has 1 unspecified atom stereocenters. The number of rotatable bonds is 5. The minimum atomic E-state index is 0.832. The molecule has 2 heterocycles. The largest absolute Gasteiger partial charge is 0.316 e. The van der Waals surface area contributed by atoms with Crippen molar-refractivity contribution in [1.82, 2.24) is 20.5 Å². The van der Waals surface area contributed by atoms with Crippen molar-refractivity contribution in [2.45, 2.75) is 39.0 Å². The van der Waals surface area contributed by atoms with Gasteiger partial charge in [0.25, 0.3) is 0 Å². The van der Waals surface area contributed by atoms with E-state index in [-0.39, 0.29) is 0 Å². The SMILES string of the molecule is CCCc1nc(CCC2CCNC2)n[nH]1. The Morgan fingerprint density at radius 2 is 2.33 bits per heavy atom. The molecule has 84 valence electrons. The van der Waals surface area contributed by atoms with E-state index < -0.39 is 0 Å². The van der Waals surface area contributed by atoms with Gasteiger partial charge in [-0.15, -0.1) is 0 Å². The quantitative estimate of drug-likeness (QED) is 0.767. The molecule has 0 spiro atoms. The van der Waals surface area contributed by atoms with Crippen molar-refractivity contribution in [2.24, 2.45) is 5.92 Å². The van der Waals surface area contributed by atoms with Gasteiger partial charge in [0.1, 0.15) is 5.82 Å². The molecular weight excluding hydrogens is 188 g/mol. The van der Waals surface area contributed by atoms with Crippen molar-refractivity contribution in [3.8, 4) is 0 Å². The van der Waals surface area contributed by atoms with Crippen molar-refractivity contribution < 1.29 is 0 Å². The van der Waals surface area contributed by atoms with Gasteiger partial charge in [-0.3, -0.25) is 5.10 Å². The fourth-order valence-corrected chi connectivity index (χ4v) is 2.09. The molecule has 4 heteroatoms. The Bertz CT molecular complexity index is 289. The lowest BCUT2D eigenvalue weighted by atomic mass is 10.0. The fraction of sp³-hybridized carbons (Fsp3) is 0.818. The maximum atomic E-state index is 4.47. The Morgan fingerprint density at radius 3 is 3.07 bits per heavy atom. The molecular formula is C11H20N4. The lowest BCUT2D eigenvalue weighted by Gasteiger charge is -2.04. The second-order valence-electron chi connectivity index (χ2n) is 4.35. The highest BCUT2D eigenvalue weighted by Gasteiger charge is 2.15. The van der Waals surface area contributed by atoms with Gasteiger partial charge in [0.2, 0.25) is 0 Å². The summed E-state index contributed by atoms with van der Waals surface area (Å²) in [7, 11) is 0. The Labute approximate surface area is 90.9 Å². The molecule has 0 amide bonds. The number of aryl methyl sites for hydroxylation is 2. The Kier molecular flexibility index (Phi) is 3.72. The molecule has 1 aliphatic heterocycles. The standard InChI is InChI=1S/C11H20N4/c1-2-3-10-13-11(15-14-10)5-4-9-6-7-12-8-9/h9,12H,2-8H2,1H3,(H,13,14,15). The Balaban J connectivity index is 1.77. The second kappa shape index (κ2) is 5.26. The highest BCUT2D eigenvalue weighted by atomic mass is 15.2. The number of hydrogen-bond acceptors (Lipinski definition) is 3. The number of aromatic nitrogens is 3. The van der Waals surface area contributed by atoms with Gasteiger partial charge in [0, 0.05) is 12.8 Å². The third kappa shape index (κ3) is 3.02. The molecule has 1 atom stereocenters. The van der Waals surface area contributed by atoms with Gasteiger partial charge in [-0.05, 0) is 38.3 Å². The normalized spacial score (nSPS) is 21.0. The average Bonchev–Trinajstić information content (AvgIpc) is 2.85. The minimum Gasteiger partial charge on any atom is -0.316 e. The summed E-state index contributed by atoms with van der Waals surface area (Å²) in [5, 5.41) is 10.6. The maximum absolute atomic E-state index is 4.47. The van der Waals surface area contributed by atoms with Gasteiger partial charge in [-0.1, -0.05) is 6.92 Å². The van der Waals surface area contributed by atoms with Gasteiger partial charge in [-0.25, -0.2) is 4.98 Å². The molecule has 2 N–H and O–H groups in total. The molecule has 0 aliphatic carbocycles. The van der Waals surface area contributed by atoms with Gasteiger partial charge < -0.3 is 5.32 Å². The first-order valence-electron chi connectivity index (χ1n) is 5.99. The first kappa shape index (κ1) is 10.6. The highest BCUT2D eigenvalue weighted by Crippen LogP contribution is 2.14. The summed E-state index contributed by atoms with van der Waals surface area (Å²) >= 11 is 0. The lowest BCUT2D eigenvalue weighted by molar-refractivity contribution is 0.525. The zero-order valence-electron chi connectivity index (χ0n) is 9.42. The third-order valence-corrected chi connectivity index (χ3v) is 3.00. The number of nitrogens with one attached hydrogen (secondary N) is 2. The van der Waals surface area contributed by atoms with Gasteiger partial charge in [0.15, 0.2) is 5.82 Å². The van der Waals surface area contributed by atoms with Crippen molar-refractivity contribution in [2.75, 3.05) is 13.1 Å². The zero-order valence-corrected chi connectivity index (χ0v) is 9.42. The van der Waals surface area contributed by atoms with E-state index in [0.717, 1.165) is 36.8 Å². The molecule has 4 nitrogen and oxygen atoms in total. The maximum Gasteiger partial charge on any atom is 0.150 e. The van der Waals surface area contributed by atoms with Gasteiger partial charge >= 0.3 is 0 Å². The lowest BCUT2D eigenvalue weighted by Crippen LogP contribution is -2.09. The smallest absolute Gasteiger partial charge is 0.150 e. The van der Waals surface area contributed by atoms with E-state index in [1.54, 1.807) is 0 Å². The molecule has 1 aromatic heterocycles. The highest BCUT2D eigenvalue weighted by molar-refractivity contribution is 4.91. The number of nitrogens with zero attached hydrogens (tertiary/aromatic N) is 2. The topological polar surface area (TPSA) is 53.6 Å². The van der Waals surface area contributed by atoms with Crippen LogP contribution in [0.3, 0.4) is 0 Å². The summed E-state index contributed by atoms with van der Waals surface area (Å²) in [6, 6.07) is 0. The summed E-state index contributed by atoms with van der Waals surface area (Å²) in [5.41, 5.74) is 0. The molecule has 1 saturated heterocycles. The number of H-pyrrole nitrogens is 1. The summed E-state index contributed by atoms with van der Waals surface area (Å²) < 4.78 is 0. The molecule has 0 bridgehead atoms. The number of aromatic amines is 1. The van der Waals surface area contributed by atoms with Crippen LogP contribution < -0.4 is 5.32 Å². The van der Waals surface area contributed by atoms with Crippen LogP contribution in [0.1, 0.15) is 37.8 Å². The Hall–Kier alpha value is -0.900. The van der Waals surface area contributed by atoms with Crippen LogP contribution in [0, 0.1) is 5.92 Å². The monoisotopic (exact) mass is 208 g/mol. The van der Waals surface area contributed by atoms with E-state index in [9.17, 15) is 0 Å². The average molecular weight is 208 g/mol. The van der Waals surface area contributed by atoms with Crippen LogP contribution in [0.4, 0.5) is 0 Å². The van der Waals surface area contributed by atoms with E-state index in [0.29, 0.717) is 0 Å². The van der Waals surface area contributed by atoms with Gasteiger partial charge in [-0.2, -0.15) is 5.10 Å². The zero-order chi connectivity index (χ0) is 10.5. The summed E-state index contributed by atoms with van der Waals surface area (Å²) in [5.74, 6) is 2.86. The van der Waals surface area contributed by atoms with Crippen LogP contribution in [0.25, 0.3) is 0 Å². The van der Waals surface area contributed by atoms with Crippen LogP contribution in [0.5, 0.6) is 0 Å². The summed E-state index contributed by atoms with van der Waals surface area (Å²) in [6.45, 7) is 4.51. The summed E-state index contributed by atoms with van der Waals surface area (Å²) in [6.07, 6.45) is 5.69. The molecule has 1 aromatic rings. The van der Waals surface area contributed by atoms with Crippen LogP contribution in [0.2, 0.25) is 0 Å². The van der Waals surface area contributed by atoms with Crippen LogP contribution in [0.15, 0.2) is 0 Å². The van der Waals surface area contributed by atoms with E-state index in [1.807, 2.05) is 0 Å².